The van der Waals surface area contributed by atoms with Crippen LogP contribution >= 0.6 is 22.9 Å². The number of anilines is 1. The van der Waals surface area contributed by atoms with Crippen LogP contribution < -0.4 is 5.73 Å². The van der Waals surface area contributed by atoms with Gasteiger partial charge < -0.3 is 5.73 Å². The van der Waals surface area contributed by atoms with E-state index in [1.165, 1.54) is 0 Å². The highest BCUT2D eigenvalue weighted by atomic mass is 35.5. The first-order valence-corrected chi connectivity index (χ1v) is 7.80. The number of thiophene rings is 1. The predicted molar refractivity (Wildman–Crippen MR) is 88.5 cm³/mol. The molecule has 108 valence electrons. The van der Waals surface area contributed by atoms with Crippen LogP contribution in [0.2, 0.25) is 5.02 Å². The third kappa shape index (κ3) is 3.32. The van der Waals surface area contributed by atoms with Crippen LogP contribution in [0.4, 0.5) is 5.82 Å². The molecule has 3 aromatic rings. The molecule has 0 bridgehead atoms. The van der Waals surface area contributed by atoms with Gasteiger partial charge in [-0.15, -0.1) is 11.3 Å². The molecular weight excluding hydrogens is 304 g/mol. The number of nitrogens with zero attached hydrogens (tertiary/aromatic N) is 3. The Labute approximate surface area is 132 Å². The Balaban J connectivity index is 1.75. The summed E-state index contributed by atoms with van der Waals surface area (Å²) in [5, 5.41) is 3.66. The third-order valence-corrected chi connectivity index (χ3v) is 4.20. The van der Waals surface area contributed by atoms with E-state index in [9.17, 15) is 0 Å². The number of nitrogens with two attached hydrogens (primary N) is 1. The first-order valence-electron chi connectivity index (χ1n) is 6.54. The molecule has 0 fully saturated rings. The topological polar surface area (TPSA) is 55.0 Å². The van der Waals surface area contributed by atoms with Gasteiger partial charge in [0.25, 0.3) is 0 Å². The highest BCUT2D eigenvalue weighted by Gasteiger charge is 2.09. The first kappa shape index (κ1) is 14.3. The molecular formula is C15H15ClN4S. The van der Waals surface area contributed by atoms with E-state index in [4.69, 9.17) is 17.3 Å². The van der Waals surface area contributed by atoms with Gasteiger partial charge in [0.2, 0.25) is 0 Å². The molecule has 3 rings (SSSR count). The van der Waals surface area contributed by atoms with E-state index in [0.29, 0.717) is 12.4 Å². The fourth-order valence-electron chi connectivity index (χ4n) is 2.24. The van der Waals surface area contributed by atoms with Crippen molar-refractivity contribution in [1.29, 1.82) is 0 Å². The van der Waals surface area contributed by atoms with Crippen LogP contribution in [0.5, 0.6) is 0 Å². The van der Waals surface area contributed by atoms with Crippen LogP contribution in [-0.2, 0) is 13.1 Å². The molecule has 0 radical (unpaired) electrons. The zero-order valence-electron chi connectivity index (χ0n) is 11.6. The quantitative estimate of drug-likeness (QED) is 0.799. The van der Waals surface area contributed by atoms with Crippen molar-refractivity contribution in [3.63, 3.8) is 0 Å². The number of nitrogen functional groups attached to an aromatic ring is 1. The molecule has 2 N–H and O–H groups in total. The molecule has 0 saturated heterocycles. The average Bonchev–Trinajstić information content (AvgIpc) is 2.87. The Hall–Kier alpha value is -1.69. The Bertz CT molecular complexity index is 771. The summed E-state index contributed by atoms with van der Waals surface area (Å²) in [7, 11) is 2.03. The van der Waals surface area contributed by atoms with Crippen molar-refractivity contribution >= 4 is 39.0 Å². The van der Waals surface area contributed by atoms with Gasteiger partial charge in [-0.05, 0) is 36.2 Å². The Morgan fingerprint density at radius 3 is 2.90 bits per heavy atom. The minimum atomic E-state index is 0.549. The van der Waals surface area contributed by atoms with Gasteiger partial charge in [0.15, 0.2) is 0 Å². The van der Waals surface area contributed by atoms with Crippen molar-refractivity contribution in [2.24, 2.45) is 0 Å². The van der Waals surface area contributed by atoms with Gasteiger partial charge >= 0.3 is 0 Å². The maximum absolute atomic E-state index is 6.00. The lowest BCUT2D eigenvalue weighted by Gasteiger charge is -2.16. The average molecular weight is 319 g/mol. The number of hydrogen-bond donors (Lipinski definition) is 1. The molecule has 0 saturated carbocycles. The van der Waals surface area contributed by atoms with Crippen molar-refractivity contribution in [2.75, 3.05) is 12.8 Å². The molecule has 1 aromatic carbocycles. The Kier molecular flexibility index (Phi) is 4.05. The number of fused-ring (bicyclic) bond motifs is 1. The van der Waals surface area contributed by atoms with Crippen LogP contribution in [0.25, 0.3) is 10.2 Å². The summed E-state index contributed by atoms with van der Waals surface area (Å²) in [4.78, 5) is 12.0. The van der Waals surface area contributed by atoms with Crippen molar-refractivity contribution in [1.82, 2.24) is 14.9 Å². The predicted octanol–water partition coefficient (Wildman–Crippen LogP) is 3.56. The van der Waals surface area contributed by atoms with Gasteiger partial charge in [0.05, 0.1) is 11.9 Å². The molecule has 6 heteroatoms. The summed E-state index contributed by atoms with van der Waals surface area (Å²) in [6.07, 6.45) is 0. The minimum absolute atomic E-state index is 0.549. The van der Waals surface area contributed by atoms with E-state index < -0.39 is 0 Å². The maximum atomic E-state index is 6.00. The third-order valence-electron chi connectivity index (χ3n) is 3.15. The number of hydrogen-bond acceptors (Lipinski definition) is 5. The van der Waals surface area contributed by atoms with Crippen molar-refractivity contribution in [2.45, 2.75) is 13.1 Å². The maximum Gasteiger partial charge on any atom is 0.146 e. The fraction of sp³-hybridized carbons (Fsp3) is 0.200. The number of halogens is 1. The van der Waals surface area contributed by atoms with E-state index in [0.717, 1.165) is 33.2 Å². The summed E-state index contributed by atoms with van der Waals surface area (Å²) in [5.41, 5.74) is 7.13. The second kappa shape index (κ2) is 5.97. The SMILES string of the molecule is CN(Cc1cccc(Cl)c1)Cc1nc(N)c2ccsc2n1. The number of benzene rings is 1. The molecule has 0 spiro atoms. The van der Waals surface area contributed by atoms with E-state index in [-0.39, 0.29) is 0 Å². The second-order valence-corrected chi connectivity index (χ2v) is 6.30. The molecule has 0 aliphatic rings. The van der Waals surface area contributed by atoms with Crippen molar-refractivity contribution in [3.8, 4) is 0 Å². The van der Waals surface area contributed by atoms with E-state index in [2.05, 4.69) is 20.9 Å². The smallest absolute Gasteiger partial charge is 0.146 e. The summed E-state index contributed by atoms with van der Waals surface area (Å²) >= 11 is 7.59. The highest BCUT2D eigenvalue weighted by Crippen LogP contribution is 2.23. The van der Waals surface area contributed by atoms with Gasteiger partial charge in [-0.2, -0.15) is 0 Å². The molecule has 2 aromatic heterocycles. The molecule has 4 nitrogen and oxygen atoms in total. The Morgan fingerprint density at radius 2 is 2.10 bits per heavy atom. The monoisotopic (exact) mass is 318 g/mol. The zero-order valence-corrected chi connectivity index (χ0v) is 13.2. The summed E-state index contributed by atoms with van der Waals surface area (Å²) < 4.78 is 0. The summed E-state index contributed by atoms with van der Waals surface area (Å²) in [6.45, 7) is 1.43. The molecule has 0 aliphatic carbocycles. The lowest BCUT2D eigenvalue weighted by molar-refractivity contribution is 0.311. The summed E-state index contributed by atoms with van der Waals surface area (Å²) in [5.74, 6) is 1.29. The molecule has 0 amide bonds. The van der Waals surface area contributed by atoms with Crippen LogP contribution in [0.3, 0.4) is 0 Å². The largest absolute Gasteiger partial charge is 0.383 e. The number of rotatable bonds is 4. The first-order chi connectivity index (χ1) is 10.1. The lowest BCUT2D eigenvalue weighted by atomic mass is 10.2. The van der Waals surface area contributed by atoms with Crippen molar-refractivity contribution < 1.29 is 0 Å². The second-order valence-electron chi connectivity index (χ2n) is 4.97. The van der Waals surface area contributed by atoms with Gasteiger partial charge in [-0.3, -0.25) is 4.90 Å². The highest BCUT2D eigenvalue weighted by molar-refractivity contribution is 7.16. The van der Waals surface area contributed by atoms with Gasteiger partial charge in [0, 0.05) is 11.6 Å². The van der Waals surface area contributed by atoms with Crippen LogP contribution in [0, 0.1) is 0 Å². The standard InChI is InChI=1S/C15H15ClN4S/c1-20(8-10-3-2-4-11(16)7-10)9-13-18-14(17)12-5-6-21-15(12)19-13/h2-7H,8-9H2,1H3,(H2,17,18,19). The zero-order chi connectivity index (χ0) is 14.8. The normalized spacial score (nSPS) is 11.4. The van der Waals surface area contributed by atoms with Crippen LogP contribution in [-0.4, -0.2) is 21.9 Å². The van der Waals surface area contributed by atoms with E-state index >= 15 is 0 Å². The van der Waals surface area contributed by atoms with Crippen LogP contribution in [0.15, 0.2) is 35.7 Å². The number of aromatic nitrogens is 2. The lowest BCUT2D eigenvalue weighted by Crippen LogP contribution is -2.19. The van der Waals surface area contributed by atoms with Gasteiger partial charge in [-0.1, -0.05) is 23.7 Å². The molecule has 0 aliphatic heterocycles. The molecule has 0 unspecified atom stereocenters. The van der Waals surface area contributed by atoms with E-state index in [1.807, 2.05) is 36.7 Å². The summed E-state index contributed by atoms with van der Waals surface area (Å²) in [6, 6.07) is 9.81. The molecule has 2 heterocycles. The van der Waals surface area contributed by atoms with Crippen LogP contribution in [0.1, 0.15) is 11.4 Å². The van der Waals surface area contributed by atoms with Crippen molar-refractivity contribution in [3.05, 3.63) is 52.1 Å². The molecule has 0 atom stereocenters. The fourth-order valence-corrected chi connectivity index (χ4v) is 3.24. The van der Waals surface area contributed by atoms with E-state index in [1.54, 1.807) is 11.3 Å². The Morgan fingerprint density at radius 1 is 1.24 bits per heavy atom. The minimum Gasteiger partial charge on any atom is -0.383 e. The molecule has 21 heavy (non-hydrogen) atoms. The van der Waals surface area contributed by atoms with Gasteiger partial charge in [0.1, 0.15) is 16.5 Å². The van der Waals surface area contributed by atoms with Gasteiger partial charge in [-0.25, -0.2) is 9.97 Å².